The monoisotopic (exact) mass is 253 g/mol. The molecule has 1 aliphatic heterocycles. The van der Waals surface area contributed by atoms with Crippen LogP contribution in [0.15, 0.2) is 0 Å². The van der Waals surface area contributed by atoms with E-state index in [0.29, 0.717) is 0 Å². The van der Waals surface area contributed by atoms with E-state index in [2.05, 4.69) is 16.3 Å². The fourth-order valence-corrected chi connectivity index (χ4v) is 2.51. The topological polar surface area (TPSA) is 48.3 Å². The van der Waals surface area contributed by atoms with Crippen molar-refractivity contribution in [2.45, 2.75) is 38.1 Å². The highest BCUT2D eigenvalue weighted by atomic mass is 16.5. The third-order valence-corrected chi connectivity index (χ3v) is 4.06. The van der Waals surface area contributed by atoms with Crippen LogP contribution in [0.5, 0.6) is 0 Å². The lowest BCUT2D eigenvalue weighted by atomic mass is 9.95. The van der Waals surface area contributed by atoms with Crippen molar-refractivity contribution >= 4 is 0 Å². The molecule has 1 saturated heterocycles. The number of methoxy groups -OCH3 is 1. The number of hydrogen-bond donors (Lipinski definition) is 1. The van der Waals surface area contributed by atoms with Gasteiger partial charge in [0.25, 0.3) is 0 Å². The summed E-state index contributed by atoms with van der Waals surface area (Å²) in [4.78, 5) is 2.51. The Morgan fingerprint density at radius 3 is 2.61 bits per heavy atom. The summed E-state index contributed by atoms with van der Waals surface area (Å²) in [5.74, 6) is 0.743. The lowest BCUT2D eigenvalue weighted by Crippen LogP contribution is -2.40. The molecule has 4 nitrogen and oxygen atoms in total. The molecule has 0 aliphatic carbocycles. The number of likely N-dealkylation sites (tertiary alicyclic amines) is 1. The Morgan fingerprint density at radius 2 is 2.11 bits per heavy atom. The molecule has 1 atom stereocenters. The first-order valence-corrected chi connectivity index (χ1v) is 6.95. The van der Waals surface area contributed by atoms with E-state index in [1.54, 1.807) is 7.11 Å². The summed E-state index contributed by atoms with van der Waals surface area (Å²) in [5, 5.41) is 12.2. The van der Waals surface area contributed by atoms with Gasteiger partial charge in [0.2, 0.25) is 0 Å². The largest absolute Gasteiger partial charge is 0.384 e. The number of ether oxygens (including phenoxy) is 1. The van der Waals surface area contributed by atoms with E-state index >= 15 is 0 Å². The fourth-order valence-electron chi connectivity index (χ4n) is 2.51. The van der Waals surface area contributed by atoms with E-state index in [1.165, 1.54) is 25.9 Å². The molecule has 4 heteroatoms. The first-order valence-electron chi connectivity index (χ1n) is 6.95. The van der Waals surface area contributed by atoms with Crippen molar-refractivity contribution in [3.05, 3.63) is 0 Å². The van der Waals surface area contributed by atoms with E-state index in [0.717, 1.165) is 31.9 Å². The highest BCUT2D eigenvalue weighted by Crippen LogP contribution is 2.18. The minimum Gasteiger partial charge on any atom is -0.384 e. The first-order chi connectivity index (χ1) is 8.63. The normalized spacial score (nSPS) is 21.4. The van der Waals surface area contributed by atoms with Gasteiger partial charge in [-0.3, -0.25) is 0 Å². The summed E-state index contributed by atoms with van der Waals surface area (Å²) in [7, 11) is 3.65. The fraction of sp³-hybridized carbons (Fsp3) is 0.929. The Hall–Kier alpha value is -0.630. The van der Waals surface area contributed by atoms with Gasteiger partial charge in [0, 0.05) is 13.7 Å². The molecule has 1 rings (SSSR count). The van der Waals surface area contributed by atoms with Crippen molar-refractivity contribution in [2.24, 2.45) is 5.92 Å². The minimum absolute atomic E-state index is 0.367. The summed E-state index contributed by atoms with van der Waals surface area (Å²) < 4.78 is 5.21. The van der Waals surface area contributed by atoms with Gasteiger partial charge in [-0.1, -0.05) is 0 Å². The highest BCUT2D eigenvalue weighted by Gasteiger charge is 2.22. The van der Waals surface area contributed by atoms with Gasteiger partial charge in [0.05, 0.1) is 6.07 Å². The average molecular weight is 253 g/mol. The van der Waals surface area contributed by atoms with Crippen molar-refractivity contribution in [1.82, 2.24) is 10.2 Å². The molecule has 1 N–H and O–H groups in total. The van der Waals surface area contributed by atoms with Gasteiger partial charge in [-0.2, -0.15) is 5.26 Å². The van der Waals surface area contributed by atoms with E-state index in [4.69, 9.17) is 10.00 Å². The van der Waals surface area contributed by atoms with E-state index in [-0.39, 0.29) is 5.54 Å². The van der Waals surface area contributed by atoms with Crippen LogP contribution in [0, 0.1) is 17.2 Å². The Balaban J connectivity index is 2.17. The molecule has 0 amide bonds. The molecule has 18 heavy (non-hydrogen) atoms. The van der Waals surface area contributed by atoms with Gasteiger partial charge in [0.15, 0.2) is 0 Å². The third kappa shape index (κ3) is 4.93. The molecule has 0 radical (unpaired) electrons. The third-order valence-electron chi connectivity index (χ3n) is 4.06. The molecule has 0 aromatic carbocycles. The van der Waals surface area contributed by atoms with Crippen molar-refractivity contribution in [3.8, 4) is 6.07 Å². The lowest BCUT2D eigenvalue weighted by molar-refractivity contribution is 0.0982. The van der Waals surface area contributed by atoms with Crippen molar-refractivity contribution in [1.29, 1.82) is 5.26 Å². The molecule has 1 unspecified atom stereocenters. The zero-order valence-corrected chi connectivity index (χ0v) is 12.0. The summed E-state index contributed by atoms with van der Waals surface area (Å²) >= 11 is 0. The zero-order chi connectivity index (χ0) is 13.4. The van der Waals surface area contributed by atoms with Crippen molar-refractivity contribution in [2.75, 3.05) is 40.4 Å². The van der Waals surface area contributed by atoms with Crippen molar-refractivity contribution < 1.29 is 4.74 Å². The van der Waals surface area contributed by atoms with Crippen LogP contribution < -0.4 is 5.32 Å². The van der Waals surface area contributed by atoms with Crippen LogP contribution in [0.25, 0.3) is 0 Å². The van der Waals surface area contributed by atoms with Crippen molar-refractivity contribution in [3.63, 3.8) is 0 Å². The molecular formula is C14H27N3O. The quantitative estimate of drug-likeness (QED) is 0.749. The summed E-state index contributed by atoms with van der Waals surface area (Å²) in [6, 6.07) is 2.34. The van der Waals surface area contributed by atoms with Gasteiger partial charge in [0.1, 0.15) is 5.54 Å². The number of rotatable bonds is 7. The molecule has 0 aromatic rings. The van der Waals surface area contributed by atoms with Crippen LogP contribution in [-0.2, 0) is 4.74 Å². The van der Waals surface area contributed by atoms with Crippen LogP contribution >= 0.6 is 0 Å². The number of nitriles is 1. The lowest BCUT2D eigenvalue weighted by Gasteiger charge is -2.32. The average Bonchev–Trinajstić information content (AvgIpc) is 2.41. The number of nitrogens with one attached hydrogen (secondary N) is 1. The summed E-state index contributed by atoms with van der Waals surface area (Å²) in [6.45, 7) is 6.34. The van der Waals surface area contributed by atoms with Crippen LogP contribution in [0.2, 0.25) is 0 Å². The summed E-state index contributed by atoms with van der Waals surface area (Å²) in [6.07, 6.45) is 4.49. The van der Waals surface area contributed by atoms with Crippen LogP contribution in [-0.4, -0.2) is 50.8 Å². The zero-order valence-electron chi connectivity index (χ0n) is 12.0. The second-order valence-corrected chi connectivity index (χ2v) is 5.54. The van der Waals surface area contributed by atoms with Gasteiger partial charge >= 0.3 is 0 Å². The summed E-state index contributed by atoms with van der Waals surface area (Å²) in [5.41, 5.74) is -0.367. The van der Waals surface area contributed by atoms with Crippen LogP contribution in [0.3, 0.4) is 0 Å². The predicted octanol–water partition coefficient (Wildman–Crippen LogP) is 1.63. The van der Waals surface area contributed by atoms with E-state index in [1.807, 2.05) is 14.0 Å². The number of nitrogens with zero attached hydrogens (tertiary/aromatic N) is 2. The van der Waals surface area contributed by atoms with Crippen LogP contribution in [0.4, 0.5) is 0 Å². The number of hydrogen-bond acceptors (Lipinski definition) is 4. The highest BCUT2D eigenvalue weighted by molar-refractivity contribution is 5.02. The Morgan fingerprint density at radius 1 is 1.44 bits per heavy atom. The molecule has 0 bridgehead atoms. The van der Waals surface area contributed by atoms with E-state index in [9.17, 15) is 0 Å². The predicted molar refractivity (Wildman–Crippen MR) is 73.4 cm³/mol. The van der Waals surface area contributed by atoms with Crippen LogP contribution in [0.1, 0.15) is 32.6 Å². The molecule has 1 fully saturated rings. The SMILES string of the molecule is CNC(C)(C#N)CCCN1CCC(COC)CC1. The molecule has 104 valence electrons. The second kappa shape index (κ2) is 7.73. The van der Waals surface area contributed by atoms with Gasteiger partial charge in [-0.25, -0.2) is 0 Å². The minimum atomic E-state index is -0.367. The Bertz CT molecular complexity index is 269. The molecule has 0 aromatic heterocycles. The molecule has 1 aliphatic rings. The first kappa shape index (κ1) is 15.4. The molecule has 0 spiro atoms. The maximum absolute atomic E-state index is 9.08. The molecular weight excluding hydrogens is 226 g/mol. The maximum atomic E-state index is 9.08. The van der Waals surface area contributed by atoms with Gasteiger partial charge in [-0.15, -0.1) is 0 Å². The Labute approximate surface area is 111 Å². The molecule has 1 heterocycles. The number of piperidine rings is 1. The Kier molecular flexibility index (Phi) is 6.62. The van der Waals surface area contributed by atoms with Gasteiger partial charge in [-0.05, 0) is 65.2 Å². The smallest absolute Gasteiger partial charge is 0.103 e. The van der Waals surface area contributed by atoms with Gasteiger partial charge < -0.3 is 15.0 Å². The second-order valence-electron chi connectivity index (χ2n) is 5.54. The molecule has 0 saturated carbocycles. The van der Waals surface area contributed by atoms with E-state index < -0.39 is 0 Å². The standard InChI is InChI=1S/C14H27N3O/c1-14(12-15,16-2)7-4-8-17-9-5-13(6-10-17)11-18-3/h13,16H,4-11H2,1-3H3. The maximum Gasteiger partial charge on any atom is 0.103 e.